The van der Waals surface area contributed by atoms with Crippen LogP contribution in [0.15, 0.2) is 91.0 Å². The number of likely N-dealkylation sites (N-methyl/N-ethyl adjacent to an activating group) is 1. The van der Waals surface area contributed by atoms with Crippen molar-refractivity contribution in [2.24, 2.45) is 5.92 Å². The standard InChI is InChI=1S/C39H47N5O4.ClH/c1-27(40-2)37(46)41-36(31-21-13-6-14-22-31)39(48)43-26-35(45)44-33(23-28-15-7-3-8-16-28)38(47)42(25-34(43)44)24-32(29-17-9-4-10-18-29)30-19-11-5-12-20-30;/h3-5,7-12,15-20,27,31-34,36,40H,6,13-14,21-26H2,1-2H3,(H,41,46);1H/t27?,33-,34+,36-;/m0./s1. The van der Waals surface area contributed by atoms with Crippen molar-refractivity contribution in [1.29, 1.82) is 0 Å². The lowest BCUT2D eigenvalue weighted by Gasteiger charge is -2.46. The van der Waals surface area contributed by atoms with E-state index in [-0.39, 0.29) is 61.0 Å². The highest BCUT2D eigenvalue weighted by Crippen LogP contribution is 2.34. The van der Waals surface area contributed by atoms with Gasteiger partial charge in [0.15, 0.2) is 0 Å². The molecule has 49 heavy (non-hydrogen) atoms. The van der Waals surface area contributed by atoms with Crippen LogP contribution in [0.4, 0.5) is 0 Å². The van der Waals surface area contributed by atoms with Gasteiger partial charge in [0.1, 0.15) is 24.8 Å². The van der Waals surface area contributed by atoms with Gasteiger partial charge in [0.25, 0.3) is 0 Å². The van der Waals surface area contributed by atoms with E-state index in [1.54, 1.807) is 23.8 Å². The number of piperazine rings is 1. The zero-order valence-corrected chi connectivity index (χ0v) is 29.2. The van der Waals surface area contributed by atoms with E-state index in [4.69, 9.17) is 0 Å². The van der Waals surface area contributed by atoms with Crippen molar-refractivity contribution >= 4 is 36.0 Å². The molecular weight excluding hydrogens is 638 g/mol. The van der Waals surface area contributed by atoms with Crippen LogP contribution in [0, 0.1) is 5.92 Å². The van der Waals surface area contributed by atoms with E-state index in [2.05, 4.69) is 34.9 Å². The average Bonchev–Trinajstić information content (AvgIpc) is 3.47. The lowest BCUT2D eigenvalue weighted by Crippen LogP contribution is -2.66. The Hall–Kier alpha value is -4.21. The molecule has 1 aliphatic carbocycles. The second-order valence-electron chi connectivity index (χ2n) is 13.5. The van der Waals surface area contributed by atoms with Gasteiger partial charge in [0.05, 0.1) is 12.6 Å². The highest BCUT2D eigenvalue weighted by molar-refractivity contribution is 5.97. The summed E-state index contributed by atoms with van der Waals surface area (Å²) in [5.41, 5.74) is 3.13. The summed E-state index contributed by atoms with van der Waals surface area (Å²) in [7, 11) is 1.72. The number of halogens is 1. The maximum atomic E-state index is 14.6. The number of rotatable bonds is 11. The molecule has 3 aromatic rings. The largest absolute Gasteiger partial charge is 0.343 e. The number of nitrogens with zero attached hydrogens (tertiary/aromatic N) is 3. The first-order chi connectivity index (χ1) is 23.4. The summed E-state index contributed by atoms with van der Waals surface area (Å²) in [5, 5.41) is 6.04. The van der Waals surface area contributed by atoms with E-state index >= 15 is 0 Å². The molecule has 0 bridgehead atoms. The molecule has 2 saturated heterocycles. The summed E-state index contributed by atoms with van der Waals surface area (Å²) in [6, 6.07) is 28.1. The number of nitrogens with one attached hydrogen (secondary N) is 2. The predicted octanol–water partition coefficient (Wildman–Crippen LogP) is 4.36. The Morgan fingerprint density at radius 2 is 1.41 bits per heavy atom. The van der Waals surface area contributed by atoms with Crippen LogP contribution in [0.25, 0.3) is 0 Å². The van der Waals surface area contributed by atoms with E-state index in [1.165, 1.54) is 0 Å². The third-order valence-corrected chi connectivity index (χ3v) is 10.5. The summed E-state index contributed by atoms with van der Waals surface area (Å²) in [6.45, 7) is 2.27. The molecule has 4 amide bonds. The van der Waals surface area contributed by atoms with Gasteiger partial charge in [-0.15, -0.1) is 12.4 Å². The number of carbonyl (C=O) groups excluding carboxylic acids is 4. The minimum atomic E-state index is -0.754. The summed E-state index contributed by atoms with van der Waals surface area (Å²) in [6.07, 6.45) is 4.53. The fourth-order valence-electron chi connectivity index (χ4n) is 7.68. The summed E-state index contributed by atoms with van der Waals surface area (Å²) < 4.78 is 0. The van der Waals surface area contributed by atoms with Crippen LogP contribution in [0.1, 0.15) is 61.6 Å². The third kappa shape index (κ3) is 8.00. The van der Waals surface area contributed by atoms with Crippen LogP contribution >= 0.6 is 12.4 Å². The molecule has 4 atom stereocenters. The van der Waals surface area contributed by atoms with Crippen molar-refractivity contribution in [1.82, 2.24) is 25.3 Å². The highest BCUT2D eigenvalue weighted by Gasteiger charge is 2.53. The summed E-state index contributed by atoms with van der Waals surface area (Å²) >= 11 is 0. The van der Waals surface area contributed by atoms with E-state index in [9.17, 15) is 19.2 Å². The van der Waals surface area contributed by atoms with Gasteiger partial charge in [-0.1, -0.05) is 110 Å². The number of carbonyl (C=O) groups is 4. The van der Waals surface area contributed by atoms with Crippen molar-refractivity contribution in [2.45, 2.75) is 75.7 Å². The first-order valence-electron chi connectivity index (χ1n) is 17.4. The Morgan fingerprint density at radius 3 is 1.98 bits per heavy atom. The maximum Gasteiger partial charge on any atom is 0.247 e. The molecule has 3 aromatic carbocycles. The van der Waals surface area contributed by atoms with E-state index in [0.717, 1.165) is 48.8 Å². The molecule has 3 fully saturated rings. The number of fused-ring (bicyclic) bond motifs is 1. The van der Waals surface area contributed by atoms with Gasteiger partial charge in [0.2, 0.25) is 23.6 Å². The Kier molecular flexibility index (Phi) is 12.1. The first-order valence-corrected chi connectivity index (χ1v) is 17.4. The molecular formula is C39H48ClN5O4. The summed E-state index contributed by atoms with van der Waals surface area (Å²) in [5.74, 6) is -0.935. The summed E-state index contributed by atoms with van der Waals surface area (Å²) in [4.78, 5) is 61.3. The molecule has 10 heteroatoms. The Bertz CT molecular complexity index is 1530. The van der Waals surface area contributed by atoms with Crippen LogP contribution in [0.2, 0.25) is 0 Å². The van der Waals surface area contributed by atoms with Gasteiger partial charge in [-0.3, -0.25) is 19.2 Å². The lowest BCUT2D eigenvalue weighted by atomic mass is 9.83. The van der Waals surface area contributed by atoms with Crippen molar-refractivity contribution < 1.29 is 19.2 Å². The molecule has 0 spiro atoms. The zero-order chi connectivity index (χ0) is 33.6. The minimum Gasteiger partial charge on any atom is -0.343 e. The molecule has 2 heterocycles. The van der Waals surface area contributed by atoms with Crippen LogP contribution in [0.3, 0.4) is 0 Å². The van der Waals surface area contributed by atoms with Gasteiger partial charge in [-0.25, -0.2) is 0 Å². The molecule has 2 N–H and O–H groups in total. The van der Waals surface area contributed by atoms with Crippen molar-refractivity contribution in [2.75, 3.05) is 26.7 Å². The lowest BCUT2D eigenvalue weighted by molar-refractivity contribution is -0.156. The Morgan fingerprint density at radius 1 is 0.837 bits per heavy atom. The maximum absolute atomic E-state index is 14.6. The monoisotopic (exact) mass is 685 g/mol. The molecule has 1 saturated carbocycles. The SMILES string of the molecule is CNC(C)C(=O)N[C@H](C(=O)N1CC(=O)N2[C@@H]1CN(CC(c1ccccc1)c1ccccc1)C(=O)[C@@H]2Cc1ccccc1)C1CCCCC1.Cl. The molecule has 9 nitrogen and oxygen atoms in total. The average molecular weight is 686 g/mol. The quantitative estimate of drug-likeness (QED) is 0.313. The van der Waals surface area contributed by atoms with Crippen molar-refractivity contribution in [3.8, 4) is 0 Å². The van der Waals surface area contributed by atoms with Crippen LogP contribution in [0.5, 0.6) is 0 Å². The van der Waals surface area contributed by atoms with Gasteiger partial charge >= 0.3 is 0 Å². The van der Waals surface area contributed by atoms with Gasteiger partial charge in [-0.05, 0) is 49.4 Å². The highest BCUT2D eigenvalue weighted by atomic mass is 35.5. The topological polar surface area (TPSA) is 102 Å². The first kappa shape index (κ1) is 36.1. The zero-order valence-electron chi connectivity index (χ0n) is 28.4. The Labute approximate surface area is 295 Å². The van der Waals surface area contributed by atoms with Gasteiger partial charge < -0.3 is 25.3 Å². The normalized spacial score (nSPS) is 20.8. The second-order valence-corrected chi connectivity index (χ2v) is 13.5. The fourth-order valence-corrected chi connectivity index (χ4v) is 7.68. The van der Waals surface area contributed by atoms with Crippen molar-refractivity contribution in [3.05, 3.63) is 108 Å². The second kappa shape index (κ2) is 16.5. The van der Waals surface area contributed by atoms with E-state index < -0.39 is 24.3 Å². The van der Waals surface area contributed by atoms with Crippen LogP contribution in [-0.4, -0.2) is 89.3 Å². The number of benzene rings is 3. The minimum absolute atomic E-state index is 0. The van der Waals surface area contributed by atoms with Crippen LogP contribution in [-0.2, 0) is 25.6 Å². The number of amides is 4. The molecule has 2 aliphatic heterocycles. The molecule has 0 aromatic heterocycles. The van der Waals surface area contributed by atoms with Gasteiger partial charge in [-0.2, -0.15) is 0 Å². The molecule has 260 valence electrons. The fraction of sp³-hybridized carbons (Fsp3) is 0.436. The number of hydrogen-bond acceptors (Lipinski definition) is 5. The molecule has 3 aliphatic rings. The molecule has 1 unspecified atom stereocenters. The number of hydrogen-bond donors (Lipinski definition) is 2. The smallest absolute Gasteiger partial charge is 0.247 e. The molecule has 6 rings (SSSR count). The predicted molar refractivity (Wildman–Crippen MR) is 192 cm³/mol. The van der Waals surface area contributed by atoms with Crippen LogP contribution < -0.4 is 10.6 Å². The Balaban J connectivity index is 0.00000468. The van der Waals surface area contributed by atoms with E-state index in [1.807, 2.05) is 71.6 Å². The third-order valence-electron chi connectivity index (χ3n) is 10.5. The van der Waals surface area contributed by atoms with E-state index in [0.29, 0.717) is 13.0 Å². The van der Waals surface area contributed by atoms with Crippen molar-refractivity contribution in [3.63, 3.8) is 0 Å². The molecule has 0 radical (unpaired) electrons. The van der Waals surface area contributed by atoms with Gasteiger partial charge in [0, 0.05) is 18.9 Å².